The van der Waals surface area contributed by atoms with E-state index in [1.165, 1.54) is 5.56 Å². The topological polar surface area (TPSA) is 64.1 Å². The quantitative estimate of drug-likeness (QED) is 0.624. The molecule has 2 aromatic carbocycles. The maximum atomic E-state index is 12.9. The highest BCUT2D eigenvalue weighted by Gasteiger charge is 2.19. The predicted molar refractivity (Wildman–Crippen MR) is 113 cm³/mol. The first kappa shape index (κ1) is 19.8. The molecule has 0 spiro atoms. The molecule has 0 aliphatic heterocycles. The van der Waals surface area contributed by atoms with Crippen LogP contribution in [0.1, 0.15) is 60.3 Å². The molecule has 1 aromatic heterocycles. The van der Waals surface area contributed by atoms with Crippen molar-refractivity contribution in [1.29, 1.82) is 0 Å². The number of carbonyl (C=O) groups excluding carboxylic acids is 1. The molecule has 0 aliphatic carbocycles. The number of ether oxygens (including phenoxy) is 1. The summed E-state index contributed by atoms with van der Waals surface area (Å²) in [5.41, 5.74) is 5.81. The summed E-state index contributed by atoms with van der Waals surface area (Å²) in [4.78, 5) is 22.1. The van der Waals surface area contributed by atoms with E-state index >= 15 is 0 Å². The van der Waals surface area contributed by atoms with Gasteiger partial charge in [-0.1, -0.05) is 32.9 Å². The van der Waals surface area contributed by atoms with Crippen LogP contribution in [0.5, 0.6) is 5.88 Å². The van der Waals surface area contributed by atoms with E-state index in [0.29, 0.717) is 18.0 Å². The molecule has 1 N–H and O–H groups in total. The van der Waals surface area contributed by atoms with E-state index < -0.39 is 0 Å². The molecular weight excluding hydrogens is 350 g/mol. The molecule has 0 bridgehead atoms. The lowest BCUT2D eigenvalue weighted by Gasteiger charge is -2.12. The van der Waals surface area contributed by atoms with Crippen molar-refractivity contribution in [1.82, 2.24) is 9.97 Å². The maximum absolute atomic E-state index is 12.9. The Morgan fingerprint density at radius 2 is 1.64 bits per heavy atom. The predicted octanol–water partition coefficient (Wildman–Crippen LogP) is 5.41. The van der Waals surface area contributed by atoms with Crippen LogP contribution in [0.3, 0.4) is 0 Å². The highest BCUT2D eigenvalue weighted by atomic mass is 16.5. The zero-order chi connectivity index (χ0) is 20.3. The summed E-state index contributed by atoms with van der Waals surface area (Å²) in [5, 5.41) is 2.91. The van der Waals surface area contributed by atoms with Gasteiger partial charge in [-0.25, -0.2) is 9.97 Å². The average molecular weight is 377 g/mol. The number of nitrogens with one attached hydrogen (secondary N) is 1. The van der Waals surface area contributed by atoms with Gasteiger partial charge in [0.2, 0.25) is 5.88 Å². The summed E-state index contributed by atoms with van der Waals surface area (Å²) in [5.74, 6) is 0.391. The first-order chi connectivity index (χ1) is 13.4. The molecule has 0 unspecified atom stereocenters. The van der Waals surface area contributed by atoms with Crippen molar-refractivity contribution in [3.8, 4) is 5.88 Å². The summed E-state index contributed by atoms with van der Waals surface area (Å²) in [6.07, 6.45) is 0.824. The van der Waals surface area contributed by atoms with Gasteiger partial charge in [-0.15, -0.1) is 0 Å². The third kappa shape index (κ3) is 4.30. The second kappa shape index (κ2) is 8.38. The van der Waals surface area contributed by atoms with Crippen molar-refractivity contribution in [3.63, 3.8) is 0 Å². The maximum Gasteiger partial charge on any atom is 0.279 e. The van der Waals surface area contributed by atoms with Gasteiger partial charge in [-0.2, -0.15) is 0 Å². The molecule has 0 saturated heterocycles. The molecule has 28 heavy (non-hydrogen) atoms. The van der Waals surface area contributed by atoms with Gasteiger partial charge in [-0.3, -0.25) is 4.79 Å². The number of carbonyl (C=O) groups is 1. The van der Waals surface area contributed by atoms with Crippen molar-refractivity contribution in [2.24, 2.45) is 0 Å². The molecule has 3 aromatic rings. The Labute approximate surface area is 166 Å². The summed E-state index contributed by atoms with van der Waals surface area (Å²) in [6.45, 7) is 10.8. The number of hydrogen-bond acceptors (Lipinski definition) is 4. The molecule has 5 nitrogen and oxygen atoms in total. The molecule has 1 amide bonds. The van der Waals surface area contributed by atoms with E-state index in [1.54, 1.807) is 0 Å². The number of hydrogen-bond donors (Lipinski definition) is 1. The van der Waals surface area contributed by atoms with Crippen LogP contribution in [0.25, 0.3) is 11.0 Å². The average Bonchev–Trinajstić information content (AvgIpc) is 2.67. The van der Waals surface area contributed by atoms with Gasteiger partial charge in [0.15, 0.2) is 5.69 Å². The third-order valence-electron chi connectivity index (χ3n) is 4.74. The van der Waals surface area contributed by atoms with Gasteiger partial charge in [0.1, 0.15) is 0 Å². The molecule has 0 saturated carbocycles. The number of amides is 1. The number of rotatable bonds is 6. The van der Waals surface area contributed by atoms with Crippen molar-refractivity contribution < 1.29 is 9.53 Å². The van der Waals surface area contributed by atoms with Crippen LogP contribution in [-0.2, 0) is 0 Å². The molecule has 3 rings (SSSR count). The van der Waals surface area contributed by atoms with Gasteiger partial charge in [0.25, 0.3) is 5.91 Å². The van der Waals surface area contributed by atoms with Crippen LogP contribution in [0.2, 0.25) is 0 Å². The molecule has 146 valence electrons. The van der Waals surface area contributed by atoms with Crippen LogP contribution in [0.4, 0.5) is 5.69 Å². The highest BCUT2D eigenvalue weighted by molar-refractivity contribution is 6.05. The highest BCUT2D eigenvalue weighted by Crippen LogP contribution is 2.24. The molecule has 1 heterocycles. The molecule has 0 atom stereocenters. The number of aromatic nitrogens is 2. The molecule has 0 aliphatic rings. The zero-order valence-corrected chi connectivity index (χ0v) is 17.2. The Morgan fingerprint density at radius 3 is 2.21 bits per heavy atom. The minimum absolute atomic E-state index is 0.206. The van der Waals surface area contributed by atoms with Crippen LogP contribution in [-0.4, -0.2) is 22.5 Å². The lowest BCUT2D eigenvalue weighted by atomic mass is 10.0. The number of benzene rings is 2. The molecular formula is C23H27N3O2. The number of fused-ring (bicyclic) bond motifs is 1. The van der Waals surface area contributed by atoms with Gasteiger partial charge < -0.3 is 10.1 Å². The summed E-state index contributed by atoms with van der Waals surface area (Å²) in [7, 11) is 0. The fourth-order valence-corrected chi connectivity index (χ4v) is 2.88. The second-order valence-electron chi connectivity index (χ2n) is 7.38. The lowest BCUT2D eigenvalue weighted by Crippen LogP contribution is -2.17. The molecule has 0 fully saturated rings. The molecule has 5 heteroatoms. The standard InChI is InChI=1S/C23H27N3O2/c1-6-11-28-23-21(25-19-12-15(4)16(5)13-20(19)26-23)22(27)24-18-9-7-17(8-10-18)14(2)3/h7-10,12-14H,6,11H2,1-5H3,(H,24,27). The van der Waals surface area contributed by atoms with Crippen LogP contribution in [0.15, 0.2) is 36.4 Å². The van der Waals surface area contributed by atoms with Crippen LogP contribution < -0.4 is 10.1 Å². The van der Waals surface area contributed by atoms with Crippen molar-refractivity contribution >= 4 is 22.6 Å². The minimum Gasteiger partial charge on any atom is -0.476 e. The van der Waals surface area contributed by atoms with Gasteiger partial charge in [0.05, 0.1) is 17.6 Å². The van der Waals surface area contributed by atoms with E-state index in [9.17, 15) is 4.79 Å². The van der Waals surface area contributed by atoms with Gasteiger partial charge in [-0.05, 0) is 67.1 Å². The van der Waals surface area contributed by atoms with E-state index in [-0.39, 0.29) is 17.5 Å². The molecule has 0 radical (unpaired) electrons. The fraction of sp³-hybridized carbons (Fsp3) is 0.348. The van der Waals surface area contributed by atoms with Crippen molar-refractivity contribution in [3.05, 3.63) is 58.8 Å². The van der Waals surface area contributed by atoms with E-state index in [1.807, 2.05) is 57.2 Å². The van der Waals surface area contributed by atoms with Crippen LogP contribution in [0, 0.1) is 13.8 Å². The monoisotopic (exact) mass is 377 g/mol. The van der Waals surface area contributed by atoms with Crippen molar-refractivity contribution in [2.45, 2.75) is 47.0 Å². The second-order valence-corrected chi connectivity index (χ2v) is 7.38. The van der Waals surface area contributed by atoms with E-state index in [2.05, 4.69) is 29.1 Å². The number of anilines is 1. The number of nitrogens with zero attached hydrogens (tertiary/aromatic N) is 2. The third-order valence-corrected chi connectivity index (χ3v) is 4.74. The normalized spacial score (nSPS) is 11.1. The largest absolute Gasteiger partial charge is 0.476 e. The van der Waals surface area contributed by atoms with Gasteiger partial charge >= 0.3 is 0 Å². The Kier molecular flexibility index (Phi) is 5.93. The minimum atomic E-state index is -0.323. The number of aryl methyl sites for hydroxylation is 2. The first-order valence-corrected chi connectivity index (χ1v) is 9.72. The lowest BCUT2D eigenvalue weighted by molar-refractivity contribution is 0.101. The SMILES string of the molecule is CCCOc1nc2cc(C)c(C)cc2nc1C(=O)Nc1ccc(C(C)C)cc1. The van der Waals surface area contributed by atoms with E-state index in [4.69, 9.17) is 4.74 Å². The Hall–Kier alpha value is -2.95. The fourth-order valence-electron chi connectivity index (χ4n) is 2.88. The van der Waals surface area contributed by atoms with E-state index in [0.717, 1.165) is 28.8 Å². The van der Waals surface area contributed by atoms with Crippen LogP contribution >= 0.6 is 0 Å². The Bertz CT molecular complexity index is 995. The Balaban J connectivity index is 1.96. The summed E-state index contributed by atoms with van der Waals surface area (Å²) in [6, 6.07) is 11.8. The first-order valence-electron chi connectivity index (χ1n) is 9.72. The summed E-state index contributed by atoms with van der Waals surface area (Å²) < 4.78 is 5.74. The summed E-state index contributed by atoms with van der Waals surface area (Å²) >= 11 is 0. The smallest absolute Gasteiger partial charge is 0.279 e. The van der Waals surface area contributed by atoms with Crippen molar-refractivity contribution in [2.75, 3.05) is 11.9 Å². The van der Waals surface area contributed by atoms with Gasteiger partial charge in [0, 0.05) is 5.69 Å². The Morgan fingerprint density at radius 1 is 1.04 bits per heavy atom. The zero-order valence-electron chi connectivity index (χ0n) is 17.2.